The van der Waals surface area contributed by atoms with E-state index in [2.05, 4.69) is 61.5 Å². The van der Waals surface area contributed by atoms with Gasteiger partial charge in [-0.2, -0.15) is 0 Å². The van der Waals surface area contributed by atoms with Crippen LogP contribution in [0, 0.1) is 5.92 Å². The molecular formula is C24H38N6O. The summed E-state index contributed by atoms with van der Waals surface area (Å²) in [7, 11) is 1.85. The lowest BCUT2D eigenvalue weighted by molar-refractivity contribution is -0.122. The van der Waals surface area contributed by atoms with Crippen molar-refractivity contribution in [3.63, 3.8) is 0 Å². The molecule has 2 N–H and O–H groups in total. The molecule has 31 heavy (non-hydrogen) atoms. The van der Waals surface area contributed by atoms with E-state index >= 15 is 0 Å². The van der Waals surface area contributed by atoms with Crippen molar-refractivity contribution in [3.8, 4) is 0 Å². The molecule has 3 fully saturated rings. The average Bonchev–Trinajstić information content (AvgIpc) is 3.60. The van der Waals surface area contributed by atoms with Crippen LogP contribution in [0.15, 0.2) is 29.3 Å². The first-order valence-electron chi connectivity index (χ1n) is 11.9. The first-order valence-corrected chi connectivity index (χ1v) is 11.9. The van der Waals surface area contributed by atoms with Gasteiger partial charge in [0, 0.05) is 64.6 Å². The smallest absolute Gasteiger partial charge is 0.234 e. The van der Waals surface area contributed by atoms with Crippen molar-refractivity contribution in [3.05, 3.63) is 29.8 Å². The van der Waals surface area contributed by atoms with Crippen LogP contribution < -0.4 is 15.5 Å². The van der Waals surface area contributed by atoms with Gasteiger partial charge in [0.1, 0.15) is 0 Å². The van der Waals surface area contributed by atoms with Gasteiger partial charge >= 0.3 is 0 Å². The number of rotatable bonds is 6. The number of hydrogen-bond acceptors (Lipinski definition) is 4. The van der Waals surface area contributed by atoms with Gasteiger partial charge in [0.25, 0.3) is 0 Å². The number of piperidine rings is 1. The second kappa shape index (κ2) is 10.4. The van der Waals surface area contributed by atoms with Crippen molar-refractivity contribution in [2.75, 3.05) is 57.8 Å². The Balaban J connectivity index is 1.20. The quantitative estimate of drug-likeness (QED) is 0.537. The summed E-state index contributed by atoms with van der Waals surface area (Å²) in [5, 5.41) is 6.59. The van der Waals surface area contributed by atoms with E-state index in [9.17, 15) is 4.79 Å². The second-order valence-electron chi connectivity index (χ2n) is 9.34. The first kappa shape index (κ1) is 21.9. The van der Waals surface area contributed by atoms with E-state index in [0.717, 1.165) is 57.4 Å². The lowest BCUT2D eigenvalue weighted by Gasteiger charge is -2.36. The van der Waals surface area contributed by atoms with Crippen LogP contribution in [0.1, 0.15) is 38.2 Å². The predicted octanol–water partition coefficient (Wildman–Crippen LogP) is 1.89. The molecule has 2 heterocycles. The maximum absolute atomic E-state index is 12.0. The van der Waals surface area contributed by atoms with Crippen LogP contribution in [0.3, 0.4) is 0 Å². The third kappa shape index (κ3) is 6.35. The molecule has 0 aromatic heterocycles. The minimum absolute atomic E-state index is 0.168. The molecule has 1 saturated carbocycles. The van der Waals surface area contributed by atoms with E-state index in [1.165, 1.54) is 37.2 Å². The van der Waals surface area contributed by atoms with E-state index in [1.54, 1.807) is 0 Å². The Labute approximate surface area is 186 Å². The number of anilines is 1. The molecule has 170 valence electrons. The number of aliphatic imine (C=N–C) groups is 1. The molecule has 4 rings (SSSR count). The molecule has 0 unspecified atom stereocenters. The van der Waals surface area contributed by atoms with Gasteiger partial charge in [0.05, 0.1) is 6.54 Å². The van der Waals surface area contributed by atoms with Crippen molar-refractivity contribution in [1.82, 2.24) is 20.4 Å². The highest BCUT2D eigenvalue weighted by Crippen LogP contribution is 2.23. The van der Waals surface area contributed by atoms with Gasteiger partial charge in [0.15, 0.2) is 5.96 Å². The van der Waals surface area contributed by atoms with Crippen LogP contribution in [0.4, 0.5) is 5.69 Å². The van der Waals surface area contributed by atoms with E-state index in [1.807, 2.05) is 7.05 Å². The Morgan fingerprint density at radius 2 is 1.68 bits per heavy atom. The van der Waals surface area contributed by atoms with Crippen molar-refractivity contribution in [2.24, 2.45) is 10.9 Å². The van der Waals surface area contributed by atoms with Crippen LogP contribution in [0.25, 0.3) is 0 Å². The van der Waals surface area contributed by atoms with Crippen molar-refractivity contribution in [1.29, 1.82) is 0 Å². The number of carbonyl (C=O) groups excluding carboxylic acids is 1. The number of nitrogens with zero attached hydrogens (tertiary/aromatic N) is 4. The van der Waals surface area contributed by atoms with Gasteiger partial charge in [-0.25, -0.2) is 0 Å². The number of hydrogen-bond donors (Lipinski definition) is 2. The summed E-state index contributed by atoms with van der Waals surface area (Å²) >= 11 is 0. The Morgan fingerprint density at radius 1 is 1.00 bits per heavy atom. The SMILES string of the molecule is CN=C(NCc1ccc(N2CCC(C)CC2)cc1)N1CCN(CC(=O)NC2CC2)CC1. The van der Waals surface area contributed by atoms with Gasteiger partial charge in [-0.05, 0) is 49.3 Å². The normalized spacial score (nSPS) is 21.3. The summed E-state index contributed by atoms with van der Waals surface area (Å²) in [6, 6.07) is 9.39. The molecule has 7 heteroatoms. The molecule has 0 atom stereocenters. The van der Waals surface area contributed by atoms with Gasteiger partial charge in [-0.1, -0.05) is 19.1 Å². The maximum Gasteiger partial charge on any atom is 0.234 e. The lowest BCUT2D eigenvalue weighted by Crippen LogP contribution is -2.54. The van der Waals surface area contributed by atoms with E-state index in [4.69, 9.17) is 0 Å². The highest BCUT2D eigenvalue weighted by Gasteiger charge is 2.26. The van der Waals surface area contributed by atoms with Gasteiger partial charge in [-0.15, -0.1) is 0 Å². The van der Waals surface area contributed by atoms with Gasteiger partial charge < -0.3 is 20.4 Å². The van der Waals surface area contributed by atoms with Crippen LogP contribution >= 0.6 is 0 Å². The fourth-order valence-corrected chi connectivity index (χ4v) is 4.43. The Morgan fingerprint density at radius 3 is 2.29 bits per heavy atom. The average molecular weight is 427 g/mol. The summed E-state index contributed by atoms with van der Waals surface area (Å²) in [5.74, 6) is 1.96. The molecule has 1 aromatic carbocycles. The zero-order valence-corrected chi connectivity index (χ0v) is 19.1. The Hall–Kier alpha value is -2.28. The monoisotopic (exact) mass is 426 g/mol. The molecule has 3 aliphatic rings. The summed E-state index contributed by atoms with van der Waals surface area (Å²) in [6.45, 7) is 9.53. The topological polar surface area (TPSA) is 63.2 Å². The Bertz CT molecular complexity index is 744. The highest BCUT2D eigenvalue weighted by atomic mass is 16.2. The van der Waals surface area contributed by atoms with E-state index in [-0.39, 0.29) is 5.91 Å². The molecule has 1 aromatic rings. The minimum atomic E-state index is 0.168. The summed E-state index contributed by atoms with van der Waals surface area (Å²) < 4.78 is 0. The second-order valence-corrected chi connectivity index (χ2v) is 9.34. The van der Waals surface area contributed by atoms with Gasteiger partial charge in [-0.3, -0.25) is 14.7 Å². The molecule has 2 saturated heterocycles. The molecule has 7 nitrogen and oxygen atoms in total. The molecule has 1 aliphatic carbocycles. The summed E-state index contributed by atoms with van der Waals surface area (Å²) in [4.78, 5) is 23.5. The van der Waals surface area contributed by atoms with Crippen LogP contribution in [0.5, 0.6) is 0 Å². The number of piperazine rings is 1. The lowest BCUT2D eigenvalue weighted by atomic mass is 9.99. The molecule has 1 amide bonds. The number of amides is 1. The predicted molar refractivity (Wildman–Crippen MR) is 126 cm³/mol. The van der Waals surface area contributed by atoms with Crippen LogP contribution in [-0.2, 0) is 11.3 Å². The zero-order chi connectivity index (χ0) is 21.6. The zero-order valence-electron chi connectivity index (χ0n) is 19.1. The van der Waals surface area contributed by atoms with E-state index < -0.39 is 0 Å². The third-order valence-electron chi connectivity index (χ3n) is 6.73. The molecule has 0 spiro atoms. The summed E-state index contributed by atoms with van der Waals surface area (Å²) in [5.41, 5.74) is 2.60. The first-order chi connectivity index (χ1) is 15.1. The number of carbonyl (C=O) groups is 1. The standard InChI is InChI=1S/C24H38N6O/c1-19-9-11-29(12-10-19)22-7-3-20(4-8-22)17-26-24(25-2)30-15-13-28(14-16-30)18-23(31)27-21-5-6-21/h3-4,7-8,19,21H,5-6,9-18H2,1-2H3,(H,25,26)(H,27,31). The number of benzene rings is 1. The van der Waals surface area contributed by atoms with E-state index in [0.29, 0.717) is 12.6 Å². The van der Waals surface area contributed by atoms with Gasteiger partial charge in [0.2, 0.25) is 5.91 Å². The largest absolute Gasteiger partial charge is 0.372 e. The maximum atomic E-state index is 12.0. The molecule has 0 bridgehead atoms. The number of guanidine groups is 1. The molecule has 0 radical (unpaired) electrons. The van der Waals surface area contributed by atoms with Crippen LogP contribution in [0.2, 0.25) is 0 Å². The summed E-state index contributed by atoms with van der Waals surface area (Å²) in [6.07, 6.45) is 4.86. The minimum Gasteiger partial charge on any atom is -0.372 e. The fourth-order valence-electron chi connectivity index (χ4n) is 4.43. The Kier molecular flexibility index (Phi) is 7.33. The van der Waals surface area contributed by atoms with Crippen molar-refractivity contribution < 1.29 is 4.79 Å². The van der Waals surface area contributed by atoms with Crippen LogP contribution in [-0.4, -0.2) is 80.6 Å². The molecule has 2 aliphatic heterocycles. The number of nitrogens with one attached hydrogen (secondary N) is 2. The highest BCUT2D eigenvalue weighted by molar-refractivity contribution is 5.80. The van der Waals surface area contributed by atoms with Crippen molar-refractivity contribution in [2.45, 2.75) is 45.2 Å². The van der Waals surface area contributed by atoms with Crippen molar-refractivity contribution >= 4 is 17.6 Å². The fraction of sp³-hybridized carbons (Fsp3) is 0.667. The third-order valence-corrected chi connectivity index (χ3v) is 6.73. The molecular weight excluding hydrogens is 388 g/mol.